The van der Waals surface area contributed by atoms with Gasteiger partial charge in [-0.15, -0.1) is 0 Å². The number of nitrogens with zero attached hydrogens (tertiary/aromatic N) is 3. The number of rotatable bonds is 3. The Labute approximate surface area is 109 Å². The van der Waals surface area contributed by atoms with Crippen molar-refractivity contribution in [1.29, 1.82) is 0 Å². The van der Waals surface area contributed by atoms with Crippen LogP contribution in [0.3, 0.4) is 0 Å². The van der Waals surface area contributed by atoms with Gasteiger partial charge in [0.15, 0.2) is 0 Å². The van der Waals surface area contributed by atoms with Gasteiger partial charge in [0, 0.05) is 55.1 Å². The van der Waals surface area contributed by atoms with Gasteiger partial charge < -0.3 is 10.0 Å². The van der Waals surface area contributed by atoms with Crippen molar-refractivity contribution in [2.45, 2.75) is 0 Å². The predicted molar refractivity (Wildman–Crippen MR) is 71.2 cm³/mol. The van der Waals surface area contributed by atoms with Crippen LogP contribution in [0.2, 0.25) is 0 Å². The number of benzene rings is 1. The molecule has 0 unspecified atom stereocenters. The van der Waals surface area contributed by atoms with Crippen molar-refractivity contribution in [2.24, 2.45) is 5.92 Å². The molecule has 6 heteroatoms. The molecule has 0 radical (unpaired) electrons. The van der Waals surface area contributed by atoms with E-state index in [2.05, 4.69) is 9.88 Å². The molecule has 3 rings (SSSR count). The number of aliphatic hydroxyl groups is 1. The number of nitro benzene ring substituents is 1. The van der Waals surface area contributed by atoms with Crippen LogP contribution in [-0.2, 0) is 0 Å². The first kappa shape index (κ1) is 11.9. The van der Waals surface area contributed by atoms with E-state index in [4.69, 9.17) is 5.11 Å². The van der Waals surface area contributed by atoms with Gasteiger partial charge in [-0.3, -0.25) is 15.1 Å². The molecule has 1 aromatic heterocycles. The van der Waals surface area contributed by atoms with Crippen LogP contribution >= 0.6 is 0 Å². The van der Waals surface area contributed by atoms with E-state index in [-0.39, 0.29) is 17.2 Å². The van der Waals surface area contributed by atoms with E-state index < -0.39 is 0 Å². The van der Waals surface area contributed by atoms with E-state index in [1.807, 2.05) is 0 Å². The molecule has 2 aromatic rings. The molecule has 0 bridgehead atoms. The SMILES string of the molecule is O=[N+]([O-])c1ccc(N2CC(CO)C2)c2ccncc12. The molecule has 1 aliphatic heterocycles. The quantitative estimate of drug-likeness (QED) is 0.668. The van der Waals surface area contributed by atoms with Crippen molar-refractivity contribution in [3.05, 3.63) is 40.7 Å². The van der Waals surface area contributed by atoms with Gasteiger partial charge in [-0.1, -0.05) is 0 Å². The average Bonchev–Trinajstić information content (AvgIpc) is 2.37. The van der Waals surface area contributed by atoms with Crippen LogP contribution in [0.5, 0.6) is 0 Å². The second kappa shape index (κ2) is 4.47. The number of aromatic nitrogens is 1. The molecule has 6 nitrogen and oxygen atoms in total. The standard InChI is InChI=1S/C13H13N3O3/c17-8-9-6-15(7-9)12-1-2-13(16(18)19)11-5-14-4-3-10(11)12/h1-5,9,17H,6-8H2. The summed E-state index contributed by atoms with van der Waals surface area (Å²) >= 11 is 0. The van der Waals surface area contributed by atoms with Crippen molar-refractivity contribution in [3.63, 3.8) is 0 Å². The van der Waals surface area contributed by atoms with Crippen molar-refractivity contribution >= 4 is 22.1 Å². The van der Waals surface area contributed by atoms with Crippen LogP contribution in [0, 0.1) is 16.0 Å². The molecule has 0 spiro atoms. The fraction of sp³-hybridized carbons (Fsp3) is 0.308. The van der Waals surface area contributed by atoms with E-state index >= 15 is 0 Å². The van der Waals surface area contributed by atoms with E-state index in [1.54, 1.807) is 18.3 Å². The van der Waals surface area contributed by atoms with E-state index in [0.717, 1.165) is 24.2 Å². The van der Waals surface area contributed by atoms with Gasteiger partial charge in [-0.2, -0.15) is 0 Å². The molecule has 19 heavy (non-hydrogen) atoms. The van der Waals surface area contributed by atoms with Crippen LogP contribution in [0.25, 0.3) is 10.8 Å². The van der Waals surface area contributed by atoms with E-state index in [0.29, 0.717) is 11.3 Å². The van der Waals surface area contributed by atoms with E-state index in [9.17, 15) is 10.1 Å². The van der Waals surface area contributed by atoms with Gasteiger partial charge in [0.05, 0.1) is 10.3 Å². The largest absolute Gasteiger partial charge is 0.396 e. The summed E-state index contributed by atoms with van der Waals surface area (Å²) in [5.74, 6) is 0.298. The lowest BCUT2D eigenvalue weighted by Gasteiger charge is -2.40. The van der Waals surface area contributed by atoms with Gasteiger partial charge in [-0.05, 0) is 12.1 Å². The Kier molecular flexibility index (Phi) is 2.79. The summed E-state index contributed by atoms with van der Waals surface area (Å²) in [6.07, 6.45) is 3.17. The zero-order chi connectivity index (χ0) is 13.4. The molecule has 0 atom stereocenters. The molecule has 1 aliphatic rings. The Morgan fingerprint density at radius 1 is 1.37 bits per heavy atom. The molecule has 0 amide bonds. The molecule has 0 aliphatic carbocycles. The van der Waals surface area contributed by atoms with Gasteiger partial charge in [-0.25, -0.2) is 0 Å². The van der Waals surface area contributed by atoms with Crippen molar-refractivity contribution in [1.82, 2.24) is 4.98 Å². The maximum absolute atomic E-state index is 11.0. The number of hydrogen-bond donors (Lipinski definition) is 1. The Balaban J connectivity index is 2.07. The van der Waals surface area contributed by atoms with Crippen LogP contribution in [0.4, 0.5) is 11.4 Å². The smallest absolute Gasteiger partial charge is 0.278 e. The maximum Gasteiger partial charge on any atom is 0.278 e. The zero-order valence-corrected chi connectivity index (χ0v) is 10.2. The molecule has 1 N–H and O–H groups in total. The van der Waals surface area contributed by atoms with Crippen LogP contribution in [0.1, 0.15) is 0 Å². The third kappa shape index (κ3) is 1.90. The highest BCUT2D eigenvalue weighted by Gasteiger charge is 2.28. The first-order chi connectivity index (χ1) is 9.20. The fourth-order valence-electron chi connectivity index (χ4n) is 2.48. The second-order valence-electron chi connectivity index (χ2n) is 4.74. The van der Waals surface area contributed by atoms with Crippen LogP contribution in [0.15, 0.2) is 30.6 Å². The highest BCUT2D eigenvalue weighted by atomic mass is 16.6. The highest BCUT2D eigenvalue weighted by molar-refractivity contribution is 5.99. The first-order valence-electron chi connectivity index (χ1n) is 6.07. The summed E-state index contributed by atoms with van der Waals surface area (Å²) in [6, 6.07) is 5.09. The van der Waals surface area contributed by atoms with Gasteiger partial charge >= 0.3 is 0 Å². The monoisotopic (exact) mass is 259 g/mol. The molecule has 2 heterocycles. The zero-order valence-electron chi connectivity index (χ0n) is 10.2. The minimum absolute atomic E-state index is 0.0751. The second-order valence-corrected chi connectivity index (χ2v) is 4.74. The molecule has 1 aromatic carbocycles. The van der Waals surface area contributed by atoms with Crippen molar-refractivity contribution in [3.8, 4) is 0 Å². The Bertz CT molecular complexity index is 638. The lowest BCUT2D eigenvalue weighted by atomic mass is 9.98. The molecule has 0 saturated carbocycles. The topological polar surface area (TPSA) is 79.5 Å². The van der Waals surface area contributed by atoms with Crippen LogP contribution in [-0.4, -0.2) is 34.7 Å². The Morgan fingerprint density at radius 3 is 2.84 bits per heavy atom. The van der Waals surface area contributed by atoms with Gasteiger partial charge in [0.25, 0.3) is 5.69 Å². The van der Waals surface area contributed by atoms with Gasteiger partial charge in [0.1, 0.15) is 0 Å². The summed E-state index contributed by atoms with van der Waals surface area (Å²) in [4.78, 5) is 16.7. The number of fused-ring (bicyclic) bond motifs is 1. The van der Waals surface area contributed by atoms with Crippen LogP contribution < -0.4 is 4.90 Å². The summed E-state index contributed by atoms with van der Waals surface area (Å²) in [6.45, 7) is 1.75. The predicted octanol–water partition coefficient (Wildman–Crippen LogP) is 1.57. The van der Waals surface area contributed by atoms with Crippen molar-refractivity contribution < 1.29 is 10.0 Å². The molecular weight excluding hydrogens is 246 g/mol. The lowest BCUT2D eigenvalue weighted by Crippen LogP contribution is -2.48. The Morgan fingerprint density at radius 2 is 2.16 bits per heavy atom. The first-order valence-corrected chi connectivity index (χ1v) is 6.07. The van der Waals surface area contributed by atoms with E-state index in [1.165, 1.54) is 12.3 Å². The number of aliphatic hydroxyl groups excluding tert-OH is 1. The maximum atomic E-state index is 11.0. The molecule has 1 fully saturated rings. The minimum Gasteiger partial charge on any atom is -0.396 e. The summed E-state index contributed by atoms with van der Waals surface area (Å²) in [5, 5.41) is 21.5. The molecular formula is C13H13N3O3. The normalized spacial score (nSPS) is 15.5. The van der Waals surface area contributed by atoms with Crippen molar-refractivity contribution in [2.75, 3.05) is 24.6 Å². The third-order valence-electron chi connectivity index (χ3n) is 3.52. The third-order valence-corrected chi connectivity index (χ3v) is 3.52. The fourth-order valence-corrected chi connectivity index (χ4v) is 2.48. The number of non-ortho nitro benzene ring substituents is 1. The minimum atomic E-state index is -0.388. The van der Waals surface area contributed by atoms with Gasteiger partial charge in [0.2, 0.25) is 0 Å². The number of hydrogen-bond acceptors (Lipinski definition) is 5. The molecule has 1 saturated heterocycles. The summed E-state index contributed by atoms with van der Waals surface area (Å²) in [5.41, 5.74) is 1.04. The number of anilines is 1. The number of pyridine rings is 1. The highest BCUT2D eigenvalue weighted by Crippen LogP contribution is 2.35. The average molecular weight is 259 g/mol. The molecule has 98 valence electrons. The Hall–Kier alpha value is -2.21. The number of nitro groups is 1. The lowest BCUT2D eigenvalue weighted by molar-refractivity contribution is -0.383. The summed E-state index contributed by atoms with van der Waals surface area (Å²) in [7, 11) is 0. The summed E-state index contributed by atoms with van der Waals surface area (Å²) < 4.78 is 0.